The van der Waals surface area contributed by atoms with Crippen molar-refractivity contribution < 1.29 is 8.42 Å². The van der Waals surface area contributed by atoms with Gasteiger partial charge in [0.15, 0.2) is 0 Å². The van der Waals surface area contributed by atoms with Crippen LogP contribution in [0.15, 0.2) is 36.4 Å². The molecule has 1 saturated heterocycles. The lowest BCUT2D eigenvalue weighted by molar-refractivity contribution is 0.212. The third kappa shape index (κ3) is 3.69. The molecular formula is C19H22N4O2S2. The lowest BCUT2D eigenvalue weighted by Crippen LogP contribution is -2.52. The van der Waals surface area contributed by atoms with Crippen molar-refractivity contribution in [3.8, 4) is 10.4 Å². The van der Waals surface area contributed by atoms with Crippen LogP contribution in [0.4, 0.5) is 5.82 Å². The van der Waals surface area contributed by atoms with Gasteiger partial charge in [0, 0.05) is 30.4 Å². The minimum Gasteiger partial charge on any atom is -0.369 e. The molecule has 0 saturated carbocycles. The molecule has 1 aliphatic heterocycles. The third-order valence-electron chi connectivity index (χ3n) is 4.80. The van der Waals surface area contributed by atoms with Gasteiger partial charge in [-0.05, 0) is 25.5 Å². The van der Waals surface area contributed by atoms with E-state index in [-0.39, 0.29) is 5.75 Å². The highest BCUT2D eigenvalue weighted by Crippen LogP contribution is 2.35. The summed E-state index contributed by atoms with van der Waals surface area (Å²) < 4.78 is 25.2. The molecule has 142 valence electrons. The van der Waals surface area contributed by atoms with E-state index in [0.717, 1.165) is 26.7 Å². The van der Waals surface area contributed by atoms with E-state index in [4.69, 9.17) is 0 Å². The average Bonchev–Trinajstić information content (AvgIpc) is 3.05. The molecule has 0 unspecified atom stereocenters. The first-order chi connectivity index (χ1) is 13.0. The fourth-order valence-corrected chi connectivity index (χ4v) is 5.53. The second-order valence-corrected chi connectivity index (χ2v) is 10.1. The van der Waals surface area contributed by atoms with Crippen LogP contribution in [0, 0.1) is 12.8 Å². The summed E-state index contributed by atoms with van der Waals surface area (Å²) in [5.74, 6) is 2.03. The van der Waals surface area contributed by atoms with Gasteiger partial charge in [0.2, 0.25) is 10.0 Å². The number of hydrogen-bond donors (Lipinski definition) is 1. The van der Waals surface area contributed by atoms with Crippen molar-refractivity contribution in [3.05, 3.63) is 42.2 Å². The number of sulfonamides is 1. The molecule has 0 amide bonds. The predicted octanol–water partition coefficient (Wildman–Crippen LogP) is 3.36. The summed E-state index contributed by atoms with van der Waals surface area (Å²) in [5.41, 5.74) is 1.17. The van der Waals surface area contributed by atoms with Gasteiger partial charge in [0.05, 0.1) is 11.1 Å². The number of hydrogen-bond acceptors (Lipinski definition) is 6. The summed E-state index contributed by atoms with van der Waals surface area (Å²) in [4.78, 5) is 11.3. The zero-order valence-electron chi connectivity index (χ0n) is 15.3. The maximum Gasteiger partial charge on any atom is 0.213 e. The van der Waals surface area contributed by atoms with E-state index >= 15 is 0 Å². The van der Waals surface area contributed by atoms with Crippen LogP contribution in [-0.2, 0) is 10.0 Å². The Morgan fingerprint density at radius 3 is 2.67 bits per heavy atom. The van der Waals surface area contributed by atoms with Gasteiger partial charge in [-0.15, -0.1) is 11.3 Å². The summed E-state index contributed by atoms with van der Waals surface area (Å²) in [5, 5.41) is 4.43. The molecule has 3 heterocycles. The van der Waals surface area contributed by atoms with E-state index in [9.17, 15) is 8.42 Å². The van der Waals surface area contributed by atoms with Gasteiger partial charge in [-0.3, -0.25) is 0 Å². The molecular weight excluding hydrogens is 380 g/mol. The van der Waals surface area contributed by atoms with Crippen LogP contribution in [0.25, 0.3) is 20.7 Å². The number of aryl methyl sites for hydroxylation is 1. The molecule has 4 rings (SSSR count). The van der Waals surface area contributed by atoms with Crippen LogP contribution in [0.2, 0.25) is 0 Å². The van der Waals surface area contributed by atoms with Crippen LogP contribution >= 0.6 is 11.3 Å². The zero-order chi connectivity index (χ0) is 19.0. The van der Waals surface area contributed by atoms with E-state index in [2.05, 4.69) is 33.5 Å². The number of benzene rings is 1. The van der Waals surface area contributed by atoms with Gasteiger partial charge in [-0.1, -0.05) is 30.3 Å². The number of thiophene rings is 1. The number of nitrogens with one attached hydrogen (secondary N) is 1. The minimum atomic E-state index is -3.06. The number of rotatable bonds is 6. The molecule has 2 aromatic heterocycles. The molecule has 6 nitrogen and oxygen atoms in total. The molecule has 0 radical (unpaired) electrons. The van der Waals surface area contributed by atoms with Crippen molar-refractivity contribution in [2.24, 2.45) is 5.92 Å². The number of fused-ring (bicyclic) bond motifs is 1. The number of nitrogens with zero attached hydrogens (tertiary/aromatic N) is 3. The molecule has 8 heteroatoms. The van der Waals surface area contributed by atoms with E-state index < -0.39 is 10.0 Å². The predicted molar refractivity (Wildman–Crippen MR) is 111 cm³/mol. The van der Waals surface area contributed by atoms with Crippen molar-refractivity contribution >= 4 is 37.4 Å². The Balaban J connectivity index is 1.51. The Morgan fingerprint density at radius 1 is 1.22 bits per heavy atom. The fraction of sp³-hybridized carbons (Fsp3) is 0.368. The highest BCUT2D eigenvalue weighted by atomic mass is 32.2. The minimum absolute atomic E-state index is 0.163. The van der Waals surface area contributed by atoms with Gasteiger partial charge >= 0.3 is 0 Å². The Labute approximate surface area is 163 Å². The lowest BCUT2D eigenvalue weighted by Gasteiger charge is -2.38. The Kier molecular flexibility index (Phi) is 4.88. The summed E-state index contributed by atoms with van der Waals surface area (Å²) >= 11 is 1.66. The highest BCUT2D eigenvalue weighted by molar-refractivity contribution is 7.89. The maximum absolute atomic E-state index is 11.8. The van der Waals surface area contributed by atoms with Gasteiger partial charge in [0.1, 0.15) is 16.5 Å². The largest absolute Gasteiger partial charge is 0.369 e. The molecule has 3 aromatic rings. The van der Waals surface area contributed by atoms with Gasteiger partial charge < -0.3 is 5.32 Å². The van der Waals surface area contributed by atoms with Crippen LogP contribution in [0.1, 0.15) is 12.7 Å². The average molecular weight is 403 g/mol. The van der Waals surface area contributed by atoms with Crippen LogP contribution in [0.5, 0.6) is 0 Å². The SMILES string of the molecule is CCS(=O)(=O)N1CC(CNc2nc(C)nc3sc(-c4ccccc4)cc23)C1. The summed E-state index contributed by atoms with van der Waals surface area (Å²) in [7, 11) is -3.06. The lowest BCUT2D eigenvalue weighted by atomic mass is 10.0. The van der Waals surface area contributed by atoms with E-state index in [1.54, 1.807) is 22.6 Å². The van der Waals surface area contributed by atoms with Crippen LogP contribution in [0.3, 0.4) is 0 Å². The second kappa shape index (κ2) is 7.18. The van der Waals surface area contributed by atoms with E-state index in [0.29, 0.717) is 25.6 Å². The molecule has 0 atom stereocenters. The van der Waals surface area contributed by atoms with Gasteiger partial charge in [0.25, 0.3) is 0 Å². The standard InChI is InChI=1S/C19H22N4O2S2/c1-3-27(24,25)23-11-14(12-23)10-20-18-16-9-17(15-7-5-4-6-8-15)26-19(16)22-13(2)21-18/h4-9,14H,3,10-12H2,1-2H3,(H,20,21,22). The molecule has 0 aliphatic carbocycles. The summed E-state index contributed by atoms with van der Waals surface area (Å²) in [6.07, 6.45) is 0. The second-order valence-electron chi connectivity index (χ2n) is 6.78. The fourth-order valence-electron chi connectivity index (χ4n) is 3.21. The van der Waals surface area contributed by atoms with E-state index in [1.165, 1.54) is 5.56 Å². The molecule has 0 spiro atoms. The van der Waals surface area contributed by atoms with Crippen LogP contribution < -0.4 is 5.32 Å². The Morgan fingerprint density at radius 2 is 1.96 bits per heavy atom. The maximum atomic E-state index is 11.8. The Bertz CT molecular complexity index is 1060. The first-order valence-electron chi connectivity index (χ1n) is 9.01. The molecule has 1 fully saturated rings. The highest BCUT2D eigenvalue weighted by Gasteiger charge is 2.34. The Hall–Kier alpha value is -2.03. The molecule has 0 bridgehead atoms. The van der Waals surface area contributed by atoms with Crippen molar-refractivity contribution in [1.29, 1.82) is 0 Å². The number of anilines is 1. The smallest absolute Gasteiger partial charge is 0.213 e. The van der Waals surface area contributed by atoms with Crippen molar-refractivity contribution in [1.82, 2.24) is 14.3 Å². The summed E-state index contributed by atoms with van der Waals surface area (Å²) in [6, 6.07) is 12.4. The first-order valence-corrected chi connectivity index (χ1v) is 11.4. The van der Waals surface area contributed by atoms with Crippen molar-refractivity contribution in [3.63, 3.8) is 0 Å². The molecule has 1 aliphatic rings. The molecule has 1 aromatic carbocycles. The topological polar surface area (TPSA) is 75.2 Å². The van der Waals surface area contributed by atoms with Gasteiger partial charge in [-0.25, -0.2) is 22.7 Å². The first kappa shape index (κ1) is 18.3. The van der Waals surface area contributed by atoms with Gasteiger partial charge in [-0.2, -0.15) is 0 Å². The third-order valence-corrected chi connectivity index (χ3v) is 7.70. The van der Waals surface area contributed by atoms with Crippen molar-refractivity contribution in [2.45, 2.75) is 13.8 Å². The molecule has 27 heavy (non-hydrogen) atoms. The number of aromatic nitrogens is 2. The normalized spacial score (nSPS) is 15.8. The van der Waals surface area contributed by atoms with Crippen molar-refractivity contribution in [2.75, 3.05) is 30.7 Å². The van der Waals surface area contributed by atoms with Crippen LogP contribution in [-0.4, -0.2) is 48.1 Å². The van der Waals surface area contributed by atoms with E-state index in [1.807, 2.05) is 25.1 Å². The summed E-state index contributed by atoms with van der Waals surface area (Å²) in [6.45, 7) is 5.44. The monoisotopic (exact) mass is 402 g/mol. The molecule has 1 N–H and O–H groups in total. The zero-order valence-corrected chi connectivity index (χ0v) is 17.0. The quantitative estimate of drug-likeness (QED) is 0.684.